The predicted octanol–water partition coefficient (Wildman–Crippen LogP) is 1.08. The van der Waals surface area contributed by atoms with Gasteiger partial charge >= 0.3 is 14.8 Å². The summed E-state index contributed by atoms with van der Waals surface area (Å²) in [6.07, 6.45) is 1.63. The minimum absolute atomic E-state index is 0.135. The van der Waals surface area contributed by atoms with Crippen molar-refractivity contribution in [3.05, 3.63) is 23.9 Å². The molecule has 92 valence electrons. The first-order valence-corrected chi connectivity index (χ1v) is 6.47. The number of rotatable bonds is 7. The van der Waals surface area contributed by atoms with Crippen molar-refractivity contribution in [3.8, 4) is 0 Å². The number of carbonyl (C=O) groups is 1. The molecule has 0 radical (unpaired) electrons. The van der Waals surface area contributed by atoms with E-state index in [2.05, 4.69) is 6.58 Å². The third-order valence-corrected chi connectivity index (χ3v) is 4.19. The zero-order chi connectivity index (χ0) is 12.6. The Morgan fingerprint density at radius 2 is 1.75 bits per heavy atom. The molecule has 6 heteroatoms. The van der Waals surface area contributed by atoms with Gasteiger partial charge in [-0.25, -0.2) is 4.79 Å². The highest BCUT2D eigenvalue weighted by atomic mass is 28.4. The normalized spacial score (nSPS) is 11.8. The third-order valence-electron chi connectivity index (χ3n) is 1.83. The second-order valence-corrected chi connectivity index (χ2v) is 5.76. The summed E-state index contributed by atoms with van der Waals surface area (Å²) in [4.78, 5) is 11.0. The number of esters is 1. The molecule has 0 unspecified atom stereocenters. The molecule has 0 spiro atoms. The molecule has 0 N–H and O–H groups in total. The highest BCUT2D eigenvalue weighted by Crippen LogP contribution is 2.07. The lowest BCUT2D eigenvalue weighted by Crippen LogP contribution is -2.41. The summed E-state index contributed by atoms with van der Waals surface area (Å²) >= 11 is 0. The quantitative estimate of drug-likeness (QED) is 0.382. The summed E-state index contributed by atoms with van der Waals surface area (Å²) < 4.78 is 20.3. The zero-order valence-corrected chi connectivity index (χ0v) is 11.1. The van der Waals surface area contributed by atoms with Gasteiger partial charge in [0.1, 0.15) is 6.61 Å². The smallest absolute Gasteiger partial charge is 0.458 e. The van der Waals surface area contributed by atoms with Crippen LogP contribution >= 0.6 is 0 Å². The molecule has 0 saturated heterocycles. The van der Waals surface area contributed by atoms with Crippen LogP contribution in [0, 0.1) is 0 Å². The van der Waals surface area contributed by atoms with E-state index in [1.54, 1.807) is 18.7 Å². The van der Waals surface area contributed by atoms with Crippen LogP contribution in [-0.2, 0) is 22.8 Å². The predicted molar refractivity (Wildman–Crippen MR) is 61.7 cm³/mol. The second kappa shape index (κ2) is 7.34. The lowest BCUT2D eigenvalue weighted by Gasteiger charge is -2.20. The fourth-order valence-corrected chi connectivity index (χ4v) is 2.19. The molecule has 5 nitrogen and oxygen atoms in total. The molecule has 0 aromatic heterocycles. The second-order valence-electron chi connectivity index (χ2n) is 3.00. The maximum Gasteiger partial charge on any atom is 0.528 e. The average molecular weight is 246 g/mol. The van der Waals surface area contributed by atoms with Crippen LogP contribution in [0.1, 0.15) is 6.92 Å². The van der Waals surface area contributed by atoms with Crippen LogP contribution < -0.4 is 0 Å². The van der Waals surface area contributed by atoms with Gasteiger partial charge in [0.2, 0.25) is 0 Å². The van der Waals surface area contributed by atoms with Crippen LogP contribution in [0.25, 0.3) is 0 Å². The van der Waals surface area contributed by atoms with Crippen molar-refractivity contribution < 1.29 is 22.8 Å². The summed E-state index contributed by atoms with van der Waals surface area (Å²) in [7, 11) is 1.80. The van der Waals surface area contributed by atoms with Gasteiger partial charge in [-0.15, -0.1) is 0 Å². The first-order valence-electron chi connectivity index (χ1n) is 4.67. The molecular weight excluding hydrogens is 228 g/mol. The molecular formula is C10H18O5Si. The van der Waals surface area contributed by atoms with Gasteiger partial charge in [0.05, 0.1) is 0 Å². The molecule has 0 amide bonds. The molecule has 0 bridgehead atoms. The Bertz CT molecular complexity index is 262. The molecule has 0 aromatic carbocycles. The summed E-state index contributed by atoms with van der Waals surface area (Å²) in [6, 6.07) is 0. The molecule has 0 aliphatic heterocycles. The van der Waals surface area contributed by atoms with E-state index in [0.717, 1.165) is 0 Å². The van der Waals surface area contributed by atoms with E-state index in [4.69, 9.17) is 18.0 Å². The van der Waals surface area contributed by atoms with Crippen LogP contribution in [-0.4, -0.2) is 42.7 Å². The lowest BCUT2D eigenvalue weighted by atomic mass is 10.4. The highest BCUT2D eigenvalue weighted by molar-refractivity contribution is 6.66. The van der Waals surface area contributed by atoms with Crippen LogP contribution in [0.2, 0.25) is 0 Å². The Morgan fingerprint density at radius 3 is 2.12 bits per heavy atom. The summed E-state index contributed by atoms with van der Waals surface area (Å²) in [5.74, 6) is -0.427. The SMILES string of the molecule is C=C(C)C(=O)OC/C=C\[Si](OC)(OC)OC. The van der Waals surface area contributed by atoms with Crippen molar-refractivity contribution in [1.29, 1.82) is 0 Å². The maximum absolute atomic E-state index is 11.0. The molecule has 0 aliphatic rings. The summed E-state index contributed by atoms with van der Waals surface area (Å²) in [5.41, 5.74) is 2.01. The molecule has 0 saturated carbocycles. The number of ether oxygens (including phenoxy) is 1. The van der Waals surface area contributed by atoms with E-state index >= 15 is 0 Å². The molecule has 0 aliphatic carbocycles. The van der Waals surface area contributed by atoms with E-state index in [9.17, 15) is 4.79 Å². The number of carbonyl (C=O) groups excluding carboxylic acids is 1. The van der Waals surface area contributed by atoms with Crippen LogP contribution in [0.15, 0.2) is 23.9 Å². The average Bonchev–Trinajstić information content (AvgIpc) is 2.30. The third kappa shape index (κ3) is 4.71. The standard InChI is InChI=1S/C10H18O5Si/c1-9(2)10(11)15-7-6-8-16(12-3,13-4)14-5/h6,8H,1,7H2,2-5H3/b8-6-. The topological polar surface area (TPSA) is 54.0 Å². The Kier molecular flexibility index (Phi) is 6.90. The molecule has 16 heavy (non-hydrogen) atoms. The van der Waals surface area contributed by atoms with Crippen molar-refractivity contribution in [2.75, 3.05) is 27.9 Å². The van der Waals surface area contributed by atoms with Crippen molar-refractivity contribution in [2.24, 2.45) is 0 Å². The van der Waals surface area contributed by atoms with Crippen LogP contribution in [0.5, 0.6) is 0 Å². The molecule has 0 atom stereocenters. The Hall–Kier alpha value is -0.953. The fraction of sp³-hybridized carbons (Fsp3) is 0.500. The Labute approximate surface area is 97.0 Å². The van der Waals surface area contributed by atoms with Gasteiger partial charge in [-0.2, -0.15) is 0 Å². The van der Waals surface area contributed by atoms with Gasteiger partial charge < -0.3 is 18.0 Å². The number of hydrogen-bond donors (Lipinski definition) is 0. The Balaban J connectivity index is 4.17. The van der Waals surface area contributed by atoms with E-state index in [0.29, 0.717) is 5.57 Å². The molecule has 0 fully saturated rings. The zero-order valence-electron chi connectivity index (χ0n) is 10.1. The van der Waals surface area contributed by atoms with Crippen molar-refractivity contribution in [1.82, 2.24) is 0 Å². The van der Waals surface area contributed by atoms with Crippen molar-refractivity contribution in [2.45, 2.75) is 6.92 Å². The van der Waals surface area contributed by atoms with E-state index in [1.807, 2.05) is 0 Å². The lowest BCUT2D eigenvalue weighted by molar-refractivity contribution is -0.137. The molecule has 0 heterocycles. The summed E-state index contributed by atoms with van der Waals surface area (Å²) in [6.45, 7) is 5.19. The minimum Gasteiger partial charge on any atom is -0.458 e. The van der Waals surface area contributed by atoms with E-state index in [1.165, 1.54) is 21.3 Å². The first-order chi connectivity index (χ1) is 7.51. The van der Waals surface area contributed by atoms with E-state index < -0.39 is 14.8 Å². The van der Waals surface area contributed by atoms with Gasteiger partial charge in [-0.1, -0.05) is 6.58 Å². The monoisotopic (exact) mass is 246 g/mol. The maximum atomic E-state index is 11.0. The molecule has 0 aromatic rings. The number of hydrogen-bond acceptors (Lipinski definition) is 5. The highest BCUT2D eigenvalue weighted by Gasteiger charge is 2.34. The largest absolute Gasteiger partial charge is 0.528 e. The van der Waals surface area contributed by atoms with Crippen molar-refractivity contribution in [3.63, 3.8) is 0 Å². The Morgan fingerprint density at radius 1 is 1.25 bits per heavy atom. The van der Waals surface area contributed by atoms with Crippen LogP contribution in [0.3, 0.4) is 0 Å². The minimum atomic E-state index is -2.71. The van der Waals surface area contributed by atoms with Gasteiger partial charge in [0.25, 0.3) is 0 Å². The van der Waals surface area contributed by atoms with Gasteiger partial charge in [-0.05, 0) is 18.7 Å². The molecule has 0 rings (SSSR count). The van der Waals surface area contributed by atoms with Crippen LogP contribution in [0.4, 0.5) is 0 Å². The van der Waals surface area contributed by atoms with Gasteiger partial charge in [-0.3, -0.25) is 0 Å². The summed E-state index contributed by atoms with van der Waals surface area (Å²) in [5, 5.41) is 0. The fourth-order valence-electron chi connectivity index (χ4n) is 0.894. The van der Waals surface area contributed by atoms with Gasteiger partial charge in [0.15, 0.2) is 0 Å². The van der Waals surface area contributed by atoms with Crippen molar-refractivity contribution >= 4 is 14.8 Å². The van der Waals surface area contributed by atoms with Gasteiger partial charge in [0, 0.05) is 26.9 Å². The van der Waals surface area contributed by atoms with E-state index in [-0.39, 0.29) is 6.61 Å². The first kappa shape index (κ1) is 15.0.